The highest BCUT2D eigenvalue weighted by atomic mass is 32.2. The molecule has 0 radical (unpaired) electrons. The zero-order valence-electron chi connectivity index (χ0n) is 8.47. The fraction of sp³-hybridized carbons (Fsp3) is 0.364. The second-order valence-electron chi connectivity index (χ2n) is 3.54. The van der Waals surface area contributed by atoms with Crippen LogP contribution in [0, 0.1) is 0 Å². The van der Waals surface area contributed by atoms with Gasteiger partial charge in [-0.2, -0.15) is 0 Å². The molecule has 0 saturated carbocycles. The molecule has 1 heterocycles. The molecule has 2 rings (SSSR count). The molecule has 1 aliphatic heterocycles. The Morgan fingerprint density at radius 2 is 2.07 bits per heavy atom. The van der Waals surface area contributed by atoms with Gasteiger partial charge in [-0.3, -0.25) is 0 Å². The van der Waals surface area contributed by atoms with Crippen molar-refractivity contribution < 1.29 is 0 Å². The largest absolute Gasteiger partial charge is 0.353 e. The number of thioether (sulfide) groups is 1. The zero-order valence-corrected chi connectivity index (χ0v) is 9.29. The molecule has 3 heteroatoms. The summed E-state index contributed by atoms with van der Waals surface area (Å²) in [5.74, 6) is 0. The molecule has 0 N–H and O–H groups in total. The highest BCUT2D eigenvalue weighted by molar-refractivity contribution is 8.14. The van der Waals surface area contributed by atoms with E-state index in [0.29, 0.717) is 5.25 Å². The third-order valence-corrected chi connectivity index (χ3v) is 3.31. The van der Waals surface area contributed by atoms with Gasteiger partial charge in [-0.1, -0.05) is 36.9 Å². The quantitative estimate of drug-likeness (QED) is 0.702. The van der Waals surface area contributed by atoms with E-state index >= 15 is 0 Å². The Labute approximate surface area is 89.0 Å². The first-order chi connectivity index (χ1) is 6.75. The molecule has 14 heavy (non-hydrogen) atoms. The van der Waals surface area contributed by atoms with Crippen LogP contribution in [-0.2, 0) is 0 Å². The molecule has 0 bridgehead atoms. The van der Waals surface area contributed by atoms with Crippen molar-refractivity contribution in [2.45, 2.75) is 12.2 Å². The molecule has 1 saturated heterocycles. The minimum atomic E-state index is 0.655. The molecular formula is C11H14N2S. The fourth-order valence-corrected chi connectivity index (χ4v) is 2.57. The number of hydrogen-bond acceptors (Lipinski definition) is 2. The first kappa shape index (κ1) is 9.59. The summed E-state index contributed by atoms with van der Waals surface area (Å²) in [6.07, 6.45) is 0. The first-order valence-corrected chi connectivity index (χ1v) is 5.65. The standard InChI is InChI=1S/C11H14N2S/c1-9-8-13(2)11(14-9)12-10-6-4-3-5-7-10/h3-7,9H,8H2,1-2H3. The predicted octanol–water partition coefficient (Wildman–Crippen LogP) is 2.74. The molecule has 1 aromatic carbocycles. The molecule has 0 amide bonds. The Morgan fingerprint density at radius 3 is 2.64 bits per heavy atom. The average Bonchev–Trinajstić information content (AvgIpc) is 2.47. The second-order valence-corrected chi connectivity index (χ2v) is 4.94. The van der Waals surface area contributed by atoms with Gasteiger partial charge in [0.25, 0.3) is 0 Å². The molecule has 2 nitrogen and oxygen atoms in total. The molecule has 1 aromatic rings. The van der Waals surface area contributed by atoms with Crippen molar-refractivity contribution in [2.75, 3.05) is 13.6 Å². The average molecular weight is 206 g/mol. The van der Waals surface area contributed by atoms with Gasteiger partial charge in [0.05, 0.1) is 5.69 Å². The van der Waals surface area contributed by atoms with E-state index in [9.17, 15) is 0 Å². The van der Waals surface area contributed by atoms with Gasteiger partial charge in [0, 0.05) is 18.8 Å². The Kier molecular flexibility index (Phi) is 2.77. The Balaban J connectivity index is 2.19. The van der Waals surface area contributed by atoms with Crippen LogP contribution in [0.15, 0.2) is 35.3 Å². The highest BCUT2D eigenvalue weighted by Gasteiger charge is 2.21. The predicted molar refractivity (Wildman–Crippen MR) is 63.2 cm³/mol. The summed E-state index contributed by atoms with van der Waals surface area (Å²) in [7, 11) is 2.10. The molecule has 74 valence electrons. The number of para-hydroxylation sites is 1. The summed E-state index contributed by atoms with van der Waals surface area (Å²) in [6.45, 7) is 3.32. The number of aliphatic imine (C=N–C) groups is 1. The number of nitrogens with zero attached hydrogens (tertiary/aromatic N) is 2. The van der Waals surface area contributed by atoms with E-state index in [-0.39, 0.29) is 0 Å². The summed E-state index contributed by atoms with van der Waals surface area (Å²) in [5, 5.41) is 1.78. The Morgan fingerprint density at radius 1 is 1.36 bits per heavy atom. The number of rotatable bonds is 1. The fourth-order valence-electron chi connectivity index (χ4n) is 1.50. The van der Waals surface area contributed by atoms with Gasteiger partial charge in [-0.05, 0) is 12.1 Å². The lowest BCUT2D eigenvalue weighted by molar-refractivity contribution is 0.533. The van der Waals surface area contributed by atoms with Crippen molar-refractivity contribution in [3.8, 4) is 0 Å². The molecule has 1 unspecified atom stereocenters. The van der Waals surface area contributed by atoms with Crippen LogP contribution in [0.5, 0.6) is 0 Å². The normalized spacial score (nSPS) is 24.6. The van der Waals surface area contributed by atoms with E-state index in [1.165, 1.54) is 0 Å². The van der Waals surface area contributed by atoms with E-state index in [1.54, 1.807) is 0 Å². The van der Waals surface area contributed by atoms with Crippen molar-refractivity contribution in [3.63, 3.8) is 0 Å². The van der Waals surface area contributed by atoms with Crippen LogP contribution in [0.4, 0.5) is 5.69 Å². The van der Waals surface area contributed by atoms with E-state index in [1.807, 2.05) is 42.1 Å². The Bertz CT molecular complexity index is 334. The van der Waals surface area contributed by atoms with Gasteiger partial charge in [0.2, 0.25) is 0 Å². The molecular weight excluding hydrogens is 192 g/mol. The van der Waals surface area contributed by atoms with Crippen molar-refractivity contribution in [1.29, 1.82) is 0 Å². The van der Waals surface area contributed by atoms with Crippen molar-refractivity contribution in [2.24, 2.45) is 4.99 Å². The lowest BCUT2D eigenvalue weighted by atomic mass is 10.3. The van der Waals surface area contributed by atoms with Gasteiger partial charge < -0.3 is 4.90 Å². The van der Waals surface area contributed by atoms with E-state index < -0.39 is 0 Å². The van der Waals surface area contributed by atoms with Crippen LogP contribution in [0.3, 0.4) is 0 Å². The molecule has 0 aromatic heterocycles. The summed E-state index contributed by atoms with van der Waals surface area (Å²) in [6, 6.07) is 10.1. The number of benzene rings is 1. The number of amidine groups is 1. The molecule has 1 fully saturated rings. The Hall–Kier alpha value is -0.960. The minimum Gasteiger partial charge on any atom is -0.353 e. The monoisotopic (exact) mass is 206 g/mol. The smallest absolute Gasteiger partial charge is 0.164 e. The summed E-state index contributed by atoms with van der Waals surface area (Å²) in [5.41, 5.74) is 1.04. The van der Waals surface area contributed by atoms with Crippen LogP contribution in [0.25, 0.3) is 0 Å². The van der Waals surface area contributed by atoms with Crippen molar-refractivity contribution in [1.82, 2.24) is 4.90 Å². The number of hydrogen-bond donors (Lipinski definition) is 0. The van der Waals surface area contributed by atoms with Gasteiger partial charge in [-0.25, -0.2) is 4.99 Å². The highest BCUT2D eigenvalue weighted by Crippen LogP contribution is 2.26. The van der Waals surface area contributed by atoms with Crippen molar-refractivity contribution >= 4 is 22.6 Å². The topological polar surface area (TPSA) is 15.6 Å². The maximum absolute atomic E-state index is 4.60. The summed E-state index contributed by atoms with van der Waals surface area (Å²) < 4.78 is 0. The first-order valence-electron chi connectivity index (χ1n) is 4.77. The van der Waals surface area contributed by atoms with Gasteiger partial charge >= 0.3 is 0 Å². The summed E-state index contributed by atoms with van der Waals surface area (Å²) in [4.78, 5) is 6.81. The van der Waals surface area contributed by atoms with Crippen LogP contribution < -0.4 is 0 Å². The lowest BCUT2D eigenvalue weighted by Gasteiger charge is -2.09. The lowest BCUT2D eigenvalue weighted by Crippen LogP contribution is -2.19. The SMILES string of the molecule is CC1CN(C)C(=Nc2ccccc2)S1. The molecule has 0 spiro atoms. The minimum absolute atomic E-state index is 0.655. The van der Waals surface area contributed by atoms with Crippen LogP contribution in [-0.4, -0.2) is 28.9 Å². The maximum Gasteiger partial charge on any atom is 0.164 e. The maximum atomic E-state index is 4.60. The molecule has 0 aliphatic carbocycles. The zero-order chi connectivity index (χ0) is 9.97. The third kappa shape index (κ3) is 2.10. The van der Waals surface area contributed by atoms with Crippen LogP contribution in [0.1, 0.15) is 6.92 Å². The van der Waals surface area contributed by atoms with E-state index in [0.717, 1.165) is 17.4 Å². The molecule has 1 aliphatic rings. The van der Waals surface area contributed by atoms with Crippen LogP contribution in [0.2, 0.25) is 0 Å². The molecule has 1 atom stereocenters. The van der Waals surface area contributed by atoms with Gasteiger partial charge in [-0.15, -0.1) is 0 Å². The van der Waals surface area contributed by atoms with E-state index in [4.69, 9.17) is 0 Å². The third-order valence-electron chi connectivity index (χ3n) is 2.15. The van der Waals surface area contributed by atoms with Gasteiger partial charge in [0.1, 0.15) is 0 Å². The van der Waals surface area contributed by atoms with Crippen molar-refractivity contribution in [3.05, 3.63) is 30.3 Å². The van der Waals surface area contributed by atoms with Gasteiger partial charge in [0.15, 0.2) is 5.17 Å². The van der Waals surface area contributed by atoms with E-state index in [2.05, 4.69) is 23.9 Å². The summed E-state index contributed by atoms with van der Waals surface area (Å²) >= 11 is 1.84. The second kappa shape index (κ2) is 4.05. The van der Waals surface area contributed by atoms with Crippen LogP contribution >= 0.6 is 11.8 Å².